The van der Waals surface area contributed by atoms with Crippen LogP contribution < -0.4 is 0 Å². The molecule has 0 amide bonds. The number of rotatable bonds is 3. The van der Waals surface area contributed by atoms with Crippen molar-refractivity contribution in [1.29, 1.82) is 5.26 Å². The summed E-state index contributed by atoms with van der Waals surface area (Å²) in [6.07, 6.45) is 3.13. The smallest absolute Gasteiger partial charge is 0.357 e. The van der Waals surface area contributed by atoms with Crippen molar-refractivity contribution >= 4 is 5.97 Å². The summed E-state index contributed by atoms with van der Waals surface area (Å²) in [4.78, 5) is 15.7. The van der Waals surface area contributed by atoms with Crippen LogP contribution in [-0.2, 0) is 10.2 Å². The molecule has 0 N–H and O–H groups in total. The molecule has 1 saturated carbocycles. The summed E-state index contributed by atoms with van der Waals surface area (Å²) in [7, 11) is 0. The number of aromatic nitrogens is 1. The second kappa shape index (κ2) is 3.93. The van der Waals surface area contributed by atoms with E-state index in [0.29, 0.717) is 12.2 Å². The first kappa shape index (κ1) is 10.6. The Kier molecular flexibility index (Phi) is 2.61. The molecule has 1 heterocycles. The Labute approximate surface area is 93.9 Å². The Morgan fingerprint density at radius 3 is 3.00 bits per heavy atom. The van der Waals surface area contributed by atoms with Gasteiger partial charge in [0, 0.05) is 11.8 Å². The zero-order chi connectivity index (χ0) is 11.6. The summed E-state index contributed by atoms with van der Waals surface area (Å²) in [6.45, 7) is 2.06. The second-order valence-corrected chi connectivity index (χ2v) is 3.81. The molecule has 1 aliphatic rings. The Bertz CT molecular complexity index is 458. The number of carbonyl (C=O) groups excluding carboxylic acids is 1. The summed E-state index contributed by atoms with van der Waals surface area (Å²) in [5.74, 6) is -0.445. The van der Waals surface area contributed by atoms with Crippen LogP contribution in [0.2, 0.25) is 0 Å². The van der Waals surface area contributed by atoms with Crippen molar-refractivity contribution in [1.82, 2.24) is 4.98 Å². The zero-order valence-electron chi connectivity index (χ0n) is 9.06. The lowest BCUT2D eigenvalue weighted by molar-refractivity contribution is 0.0517. The monoisotopic (exact) mass is 216 g/mol. The fraction of sp³-hybridized carbons (Fsp3) is 0.417. The van der Waals surface area contributed by atoms with Gasteiger partial charge >= 0.3 is 5.97 Å². The minimum absolute atomic E-state index is 0.281. The van der Waals surface area contributed by atoms with Gasteiger partial charge in [0.25, 0.3) is 0 Å². The van der Waals surface area contributed by atoms with E-state index in [4.69, 9.17) is 10.00 Å². The Morgan fingerprint density at radius 1 is 1.69 bits per heavy atom. The van der Waals surface area contributed by atoms with Gasteiger partial charge in [-0.15, -0.1) is 0 Å². The second-order valence-electron chi connectivity index (χ2n) is 3.81. The fourth-order valence-electron chi connectivity index (χ4n) is 1.72. The van der Waals surface area contributed by atoms with Crippen LogP contribution in [0.1, 0.15) is 35.8 Å². The molecule has 1 fully saturated rings. The molecule has 0 aromatic carbocycles. The number of esters is 1. The summed E-state index contributed by atoms with van der Waals surface area (Å²) >= 11 is 0. The van der Waals surface area contributed by atoms with E-state index in [2.05, 4.69) is 11.1 Å². The molecular weight excluding hydrogens is 204 g/mol. The van der Waals surface area contributed by atoms with E-state index < -0.39 is 11.4 Å². The van der Waals surface area contributed by atoms with Crippen molar-refractivity contribution in [3.8, 4) is 6.07 Å². The van der Waals surface area contributed by atoms with E-state index in [1.54, 1.807) is 25.3 Å². The highest BCUT2D eigenvalue weighted by Gasteiger charge is 2.47. The minimum atomic E-state index is -0.504. The van der Waals surface area contributed by atoms with Gasteiger partial charge in [-0.2, -0.15) is 5.26 Å². The highest BCUT2D eigenvalue weighted by Crippen LogP contribution is 2.48. The lowest BCUT2D eigenvalue weighted by Gasteiger charge is -2.10. The van der Waals surface area contributed by atoms with Crippen LogP contribution in [-0.4, -0.2) is 17.6 Å². The predicted octanol–water partition coefficient (Wildman–Crippen LogP) is 1.81. The number of ether oxygens (including phenoxy) is 1. The molecular formula is C12H12N2O2. The maximum atomic E-state index is 11.7. The van der Waals surface area contributed by atoms with E-state index in [9.17, 15) is 4.79 Å². The molecule has 16 heavy (non-hydrogen) atoms. The largest absolute Gasteiger partial charge is 0.461 e. The predicted molar refractivity (Wildman–Crippen MR) is 56.7 cm³/mol. The van der Waals surface area contributed by atoms with Crippen molar-refractivity contribution in [2.45, 2.75) is 25.2 Å². The fourth-order valence-corrected chi connectivity index (χ4v) is 1.72. The van der Waals surface area contributed by atoms with Gasteiger partial charge in [0.05, 0.1) is 18.1 Å². The average molecular weight is 216 g/mol. The molecule has 0 radical (unpaired) electrons. The first-order valence-electron chi connectivity index (χ1n) is 5.27. The molecule has 0 bridgehead atoms. The molecule has 1 aromatic rings. The third kappa shape index (κ3) is 1.65. The maximum Gasteiger partial charge on any atom is 0.357 e. The van der Waals surface area contributed by atoms with Crippen LogP contribution in [0.15, 0.2) is 18.3 Å². The highest BCUT2D eigenvalue weighted by atomic mass is 16.5. The van der Waals surface area contributed by atoms with Gasteiger partial charge in [-0.1, -0.05) is 6.07 Å². The Balaban J connectivity index is 2.40. The number of nitrogens with zero attached hydrogens (tertiary/aromatic N) is 2. The average Bonchev–Trinajstić information content (AvgIpc) is 3.10. The van der Waals surface area contributed by atoms with Crippen LogP contribution in [0, 0.1) is 11.3 Å². The Hall–Kier alpha value is -1.89. The molecule has 1 aromatic heterocycles. The number of hydrogen-bond acceptors (Lipinski definition) is 4. The van der Waals surface area contributed by atoms with E-state index in [-0.39, 0.29) is 5.69 Å². The van der Waals surface area contributed by atoms with Crippen molar-refractivity contribution in [2.75, 3.05) is 6.61 Å². The maximum absolute atomic E-state index is 11.7. The summed E-state index contributed by atoms with van der Waals surface area (Å²) < 4.78 is 4.93. The molecule has 0 unspecified atom stereocenters. The molecule has 0 atom stereocenters. The van der Waals surface area contributed by atoms with Crippen LogP contribution >= 0.6 is 0 Å². The lowest BCUT2D eigenvalue weighted by Crippen LogP contribution is -2.15. The topological polar surface area (TPSA) is 63.0 Å². The third-order valence-corrected chi connectivity index (χ3v) is 2.76. The summed E-state index contributed by atoms with van der Waals surface area (Å²) in [5, 5.41) is 9.12. The molecule has 4 nitrogen and oxygen atoms in total. The molecule has 82 valence electrons. The quantitative estimate of drug-likeness (QED) is 0.723. The third-order valence-electron chi connectivity index (χ3n) is 2.76. The van der Waals surface area contributed by atoms with E-state index in [1.807, 2.05) is 0 Å². The van der Waals surface area contributed by atoms with Crippen molar-refractivity contribution in [3.63, 3.8) is 0 Å². The van der Waals surface area contributed by atoms with Gasteiger partial charge in [-0.3, -0.25) is 0 Å². The highest BCUT2D eigenvalue weighted by molar-refractivity contribution is 5.89. The lowest BCUT2D eigenvalue weighted by atomic mass is 9.96. The SMILES string of the molecule is CCOC(=O)c1ncccc1C1(C#N)CC1. The van der Waals surface area contributed by atoms with E-state index in [1.165, 1.54) is 0 Å². The molecule has 0 saturated heterocycles. The molecule has 1 aliphatic carbocycles. The van der Waals surface area contributed by atoms with Gasteiger partial charge in [0.15, 0.2) is 5.69 Å². The van der Waals surface area contributed by atoms with Crippen LogP contribution in [0.4, 0.5) is 0 Å². The van der Waals surface area contributed by atoms with Crippen LogP contribution in [0.5, 0.6) is 0 Å². The molecule has 4 heteroatoms. The van der Waals surface area contributed by atoms with Gasteiger partial charge in [-0.05, 0) is 25.8 Å². The van der Waals surface area contributed by atoms with E-state index >= 15 is 0 Å². The zero-order valence-corrected chi connectivity index (χ0v) is 9.06. The first-order valence-corrected chi connectivity index (χ1v) is 5.27. The van der Waals surface area contributed by atoms with Crippen LogP contribution in [0.3, 0.4) is 0 Å². The first-order chi connectivity index (χ1) is 7.73. The molecule has 0 spiro atoms. The van der Waals surface area contributed by atoms with Gasteiger partial charge in [0.1, 0.15) is 0 Å². The minimum Gasteiger partial charge on any atom is -0.461 e. The molecule has 2 rings (SSSR count). The van der Waals surface area contributed by atoms with Crippen molar-refractivity contribution < 1.29 is 9.53 Å². The number of carbonyl (C=O) groups is 1. The molecule has 0 aliphatic heterocycles. The van der Waals surface area contributed by atoms with Crippen LogP contribution in [0.25, 0.3) is 0 Å². The number of pyridine rings is 1. The van der Waals surface area contributed by atoms with Crippen molar-refractivity contribution in [2.24, 2.45) is 0 Å². The standard InChI is InChI=1S/C12H12N2O2/c1-2-16-11(15)10-9(4-3-7-14-10)12(8-13)5-6-12/h3-4,7H,2,5-6H2,1H3. The Morgan fingerprint density at radius 2 is 2.44 bits per heavy atom. The number of hydrogen-bond donors (Lipinski definition) is 0. The van der Waals surface area contributed by atoms with Gasteiger partial charge < -0.3 is 4.74 Å². The van der Waals surface area contributed by atoms with E-state index in [0.717, 1.165) is 12.8 Å². The van der Waals surface area contributed by atoms with Gasteiger partial charge in [-0.25, -0.2) is 9.78 Å². The summed E-state index contributed by atoms with van der Waals surface area (Å²) in [6, 6.07) is 5.79. The summed E-state index contributed by atoms with van der Waals surface area (Å²) in [5.41, 5.74) is 0.482. The van der Waals surface area contributed by atoms with Crippen molar-refractivity contribution in [3.05, 3.63) is 29.6 Å². The number of nitriles is 1. The van der Waals surface area contributed by atoms with Gasteiger partial charge in [0.2, 0.25) is 0 Å². The normalized spacial score (nSPS) is 16.2.